The van der Waals surface area contributed by atoms with Gasteiger partial charge < -0.3 is 29.3 Å². The average Bonchev–Trinajstić information content (AvgIpc) is 3.32. The number of carbonyl (C=O) groups excluding carboxylic acids is 4. The highest BCUT2D eigenvalue weighted by molar-refractivity contribution is 5.96. The number of esters is 2. The van der Waals surface area contributed by atoms with E-state index in [1.54, 1.807) is 38.1 Å². The predicted molar refractivity (Wildman–Crippen MR) is 114 cm³/mol. The van der Waals surface area contributed by atoms with Crippen molar-refractivity contribution in [3.63, 3.8) is 0 Å². The van der Waals surface area contributed by atoms with Gasteiger partial charge in [0.05, 0.1) is 36.3 Å². The highest BCUT2D eigenvalue weighted by atomic mass is 16.5. The maximum atomic E-state index is 12.6. The molecular weight excluding hydrogens is 434 g/mol. The van der Waals surface area contributed by atoms with Crippen molar-refractivity contribution in [2.24, 2.45) is 0 Å². The summed E-state index contributed by atoms with van der Waals surface area (Å²) in [6.07, 6.45) is 0.747. The lowest BCUT2D eigenvalue weighted by atomic mass is 10.0. The smallest absolute Gasteiger partial charge is 0.411 e. The minimum atomic E-state index is -0.918. The Bertz CT molecular complexity index is 1060. The van der Waals surface area contributed by atoms with Crippen molar-refractivity contribution in [1.29, 1.82) is 0 Å². The predicted octanol–water partition coefficient (Wildman–Crippen LogP) is 2.88. The molecule has 174 valence electrons. The highest BCUT2D eigenvalue weighted by Gasteiger charge is 2.35. The molecule has 1 aliphatic rings. The maximum absolute atomic E-state index is 12.6. The lowest BCUT2D eigenvalue weighted by molar-refractivity contribution is -0.139. The van der Waals surface area contributed by atoms with Gasteiger partial charge in [0.1, 0.15) is 18.4 Å². The summed E-state index contributed by atoms with van der Waals surface area (Å²) in [6, 6.07) is 7.73. The van der Waals surface area contributed by atoms with Crippen molar-refractivity contribution in [3.8, 4) is 0 Å². The van der Waals surface area contributed by atoms with Crippen LogP contribution in [0.25, 0.3) is 0 Å². The molecule has 0 fully saturated rings. The SMILES string of the molecule is CCOC(=O)Nc1cccc(C(=O)OCC2=C(C(=O)OCC)C(c3ccco3)NC(=O)N2)c1. The van der Waals surface area contributed by atoms with E-state index in [0.29, 0.717) is 11.4 Å². The van der Waals surface area contributed by atoms with E-state index in [4.69, 9.17) is 18.6 Å². The first-order valence-corrected chi connectivity index (χ1v) is 10.1. The summed E-state index contributed by atoms with van der Waals surface area (Å²) in [4.78, 5) is 49.0. The molecular formula is C22H23N3O8. The molecule has 1 unspecified atom stereocenters. The van der Waals surface area contributed by atoms with Crippen molar-refractivity contribution in [3.05, 3.63) is 65.3 Å². The molecule has 1 aliphatic heterocycles. The average molecular weight is 457 g/mol. The number of rotatable bonds is 8. The Morgan fingerprint density at radius 2 is 1.82 bits per heavy atom. The molecule has 0 saturated carbocycles. The van der Waals surface area contributed by atoms with E-state index in [2.05, 4.69) is 16.0 Å². The van der Waals surface area contributed by atoms with Gasteiger partial charge in [-0.2, -0.15) is 0 Å². The molecule has 0 radical (unpaired) electrons. The maximum Gasteiger partial charge on any atom is 0.411 e. The normalized spacial score (nSPS) is 15.2. The van der Waals surface area contributed by atoms with Gasteiger partial charge in [0.15, 0.2) is 0 Å². The van der Waals surface area contributed by atoms with Gasteiger partial charge in [-0.05, 0) is 44.2 Å². The summed E-state index contributed by atoms with van der Waals surface area (Å²) in [5.41, 5.74) is 0.595. The standard InChI is InChI=1S/C22H23N3O8/c1-3-30-20(27)17-15(24-21(28)25-18(17)16-9-6-10-32-16)12-33-19(26)13-7-5-8-14(11-13)23-22(29)31-4-2/h5-11,18H,3-4,12H2,1-2H3,(H,23,29)(H2,24,25,28). The molecule has 0 bridgehead atoms. The number of benzene rings is 1. The molecule has 0 saturated heterocycles. The number of furan rings is 1. The molecule has 33 heavy (non-hydrogen) atoms. The Labute approximate surface area is 189 Å². The zero-order valence-electron chi connectivity index (χ0n) is 18.0. The molecule has 11 heteroatoms. The molecule has 1 atom stereocenters. The topological polar surface area (TPSA) is 145 Å². The quantitative estimate of drug-likeness (QED) is 0.405. The molecule has 3 N–H and O–H groups in total. The van der Waals surface area contributed by atoms with Crippen molar-refractivity contribution in [1.82, 2.24) is 10.6 Å². The van der Waals surface area contributed by atoms with Crippen LogP contribution in [0.1, 0.15) is 36.0 Å². The lowest BCUT2D eigenvalue weighted by Crippen LogP contribution is -2.47. The molecule has 2 heterocycles. The second-order valence-electron chi connectivity index (χ2n) is 6.66. The van der Waals surface area contributed by atoms with Crippen LogP contribution in [0.2, 0.25) is 0 Å². The Kier molecular flexibility index (Phi) is 7.68. The van der Waals surface area contributed by atoms with Crippen molar-refractivity contribution in [2.75, 3.05) is 25.1 Å². The molecule has 11 nitrogen and oxygen atoms in total. The van der Waals surface area contributed by atoms with Gasteiger partial charge in [0, 0.05) is 5.69 Å². The first kappa shape index (κ1) is 23.4. The summed E-state index contributed by atoms with van der Waals surface area (Å²) >= 11 is 0. The first-order valence-electron chi connectivity index (χ1n) is 10.1. The monoisotopic (exact) mass is 457 g/mol. The van der Waals surface area contributed by atoms with Crippen LogP contribution in [0.5, 0.6) is 0 Å². The van der Waals surface area contributed by atoms with Gasteiger partial charge in [-0.3, -0.25) is 5.32 Å². The van der Waals surface area contributed by atoms with E-state index in [0.717, 1.165) is 0 Å². The Balaban J connectivity index is 1.80. The van der Waals surface area contributed by atoms with E-state index in [-0.39, 0.29) is 30.0 Å². The van der Waals surface area contributed by atoms with Crippen molar-refractivity contribution < 1.29 is 37.8 Å². The van der Waals surface area contributed by atoms with Crippen molar-refractivity contribution in [2.45, 2.75) is 19.9 Å². The van der Waals surface area contributed by atoms with E-state index in [1.165, 1.54) is 18.4 Å². The van der Waals surface area contributed by atoms with Gasteiger partial charge in [-0.15, -0.1) is 0 Å². The van der Waals surface area contributed by atoms with Crippen LogP contribution in [0.15, 0.2) is 58.3 Å². The first-order chi connectivity index (χ1) is 15.9. The third-order valence-electron chi connectivity index (χ3n) is 4.44. The van der Waals surface area contributed by atoms with Crippen LogP contribution < -0.4 is 16.0 Å². The van der Waals surface area contributed by atoms with Crippen LogP contribution in [0.3, 0.4) is 0 Å². The molecule has 0 aliphatic carbocycles. The zero-order valence-corrected chi connectivity index (χ0v) is 18.0. The Morgan fingerprint density at radius 3 is 2.52 bits per heavy atom. The Hall–Kier alpha value is -4.28. The number of hydrogen-bond donors (Lipinski definition) is 3. The minimum absolute atomic E-state index is 0.0527. The summed E-state index contributed by atoms with van der Waals surface area (Å²) in [5.74, 6) is -1.12. The second-order valence-corrected chi connectivity index (χ2v) is 6.66. The van der Waals surface area contributed by atoms with Gasteiger partial charge in [-0.1, -0.05) is 6.07 Å². The zero-order chi connectivity index (χ0) is 23.8. The number of urea groups is 1. The highest BCUT2D eigenvalue weighted by Crippen LogP contribution is 2.28. The molecule has 2 aromatic rings. The fraction of sp³-hybridized carbons (Fsp3) is 0.273. The number of carbonyl (C=O) groups is 4. The van der Waals surface area contributed by atoms with Crippen LogP contribution in [0.4, 0.5) is 15.3 Å². The number of ether oxygens (including phenoxy) is 3. The summed E-state index contributed by atoms with van der Waals surface area (Å²) in [7, 11) is 0. The van der Waals surface area contributed by atoms with Gasteiger partial charge in [0.2, 0.25) is 0 Å². The molecule has 0 spiro atoms. The second kappa shape index (κ2) is 10.8. The number of anilines is 1. The minimum Gasteiger partial charge on any atom is -0.467 e. The van der Waals surface area contributed by atoms with E-state index in [1.807, 2.05) is 0 Å². The van der Waals surface area contributed by atoms with E-state index in [9.17, 15) is 19.2 Å². The molecule has 3 rings (SSSR count). The van der Waals surface area contributed by atoms with Gasteiger partial charge in [0.25, 0.3) is 0 Å². The summed E-state index contributed by atoms with van der Waals surface area (Å²) < 4.78 is 20.6. The summed E-state index contributed by atoms with van der Waals surface area (Å²) in [6.45, 7) is 3.21. The van der Waals surface area contributed by atoms with Crippen molar-refractivity contribution >= 4 is 29.8 Å². The van der Waals surface area contributed by atoms with Crippen LogP contribution >= 0.6 is 0 Å². The molecule has 1 aromatic carbocycles. The number of amides is 3. The number of hydrogen-bond acceptors (Lipinski definition) is 8. The Morgan fingerprint density at radius 1 is 1.03 bits per heavy atom. The largest absolute Gasteiger partial charge is 0.467 e. The fourth-order valence-electron chi connectivity index (χ4n) is 3.08. The van der Waals surface area contributed by atoms with Gasteiger partial charge in [-0.25, -0.2) is 19.2 Å². The fourth-order valence-corrected chi connectivity index (χ4v) is 3.08. The van der Waals surface area contributed by atoms with E-state index < -0.39 is 36.7 Å². The third kappa shape index (κ3) is 5.91. The van der Waals surface area contributed by atoms with Crippen LogP contribution in [-0.4, -0.2) is 43.9 Å². The number of nitrogens with one attached hydrogen (secondary N) is 3. The molecule has 3 amide bonds. The summed E-state index contributed by atoms with van der Waals surface area (Å²) in [5, 5.41) is 7.58. The lowest BCUT2D eigenvalue weighted by Gasteiger charge is -2.27. The van der Waals surface area contributed by atoms with E-state index >= 15 is 0 Å². The van der Waals surface area contributed by atoms with Crippen LogP contribution in [0, 0.1) is 0 Å². The molecule has 1 aromatic heterocycles. The third-order valence-corrected chi connectivity index (χ3v) is 4.44. The van der Waals surface area contributed by atoms with Gasteiger partial charge >= 0.3 is 24.1 Å². The van der Waals surface area contributed by atoms with Crippen LogP contribution in [-0.2, 0) is 19.0 Å².